The Kier molecular flexibility index (Phi) is 2.67. The van der Waals surface area contributed by atoms with E-state index in [2.05, 4.69) is 25.4 Å². The highest BCUT2D eigenvalue weighted by molar-refractivity contribution is 6.34. The van der Waals surface area contributed by atoms with Gasteiger partial charge in [0.15, 0.2) is 11.2 Å². The van der Waals surface area contributed by atoms with Gasteiger partial charge in [-0.1, -0.05) is 0 Å². The normalized spacial score (nSPS) is 10.9. The molecule has 0 fully saturated rings. The molecule has 2 heterocycles. The maximum Gasteiger partial charge on any atom is 0.280 e. The van der Waals surface area contributed by atoms with Gasteiger partial charge in [-0.25, -0.2) is 9.97 Å². The molecule has 0 spiro atoms. The number of halogens is 2. The zero-order valence-electron chi connectivity index (χ0n) is 7.11. The number of aromatic nitrogens is 4. The van der Waals surface area contributed by atoms with Gasteiger partial charge in [0.25, 0.3) is 5.56 Å². The molecule has 0 atom stereocenters. The van der Waals surface area contributed by atoms with Crippen molar-refractivity contribution in [2.24, 2.45) is 0 Å². The van der Waals surface area contributed by atoms with Crippen LogP contribution in [0, 0.1) is 0 Å². The molecule has 9 heteroatoms. The topological polar surface area (TPSA) is 86.8 Å². The third-order valence-electron chi connectivity index (χ3n) is 1.53. The molecule has 0 bridgehead atoms. The summed E-state index contributed by atoms with van der Waals surface area (Å²) in [5.41, 5.74) is 2.30. The standard InChI is InChI=1S/C6H4Cl2N6O/c7-14(8)13-6-11-4-3(5(15)12-6)9-1-2-10-4/h1-2H,(H2,10,11,12,13,15). The van der Waals surface area contributed by atoms with Gasteiger partial charge in [0.05, 0.1) is 0 Å². The molecule has 0 radical (unpaired) electrons. The van der Waals surface area contributed by atoms with E-state index < -0.39 is 5.56 Å². The van der Waals surface area contributed by atoms with Gasteiger partial charge in [0.2, 0.25) is 5.95 Å². The van der Waals surface area contributed by atoms with Crippen LogP contribution in [0.1, 0.15) is 0 Å². The minimum absolute atomic E-state index is 0.0815. The molecule has 15 heavy (non-hydrogen) atoms. The Hall–Kier alpha value is -1.44. The summed E-state index contributed by atoms with van der Waals surface area (Å²) in [5, 5.41) is 0. The quantitative estimate of drug-likeness (QED) is 0.598. The van der Waals surface area contributed by atoms with Crippen molar-refractivity contribution < 1.29 is 0 Å². The van der Waals surface area contributed by atoms with Gasteiger partial charge in [-0.3, -0.25) is 15.2 Å². The van der Waals surface area contributed by atoms with Crippen LogP contribution in [0.3, 0.4) is 0 Å². The van der Waals surface area contributed by atoms with Gasteiger partial charge < -0.3 is 0 Å². The van der Waals surface area contributed by atoms with E-state index in [9.17, 15) is 4.79 Å². The van der Waals surface area contributed by atoms with E-state index in [0.29, 0.717) is 4.05 Å². The van der Waals surface area contributed by atoms with Crippen LogP contribution >= 0.6 is 23.6 Å². The van der Waals surface area contributed by atoms with E-state index in [1.165, 1.54) is 12.4 Å². The van der Waals surface area contributed by atoms with Crippen molar-refractivity contribution in [2.45, 2.75) is 0 Å². The van der Waals surface area contributed by atoms with Crippen molar-refractivity contribution in [2.75, 3.05) is 5.43 Å². The Morgan fingerprint density at radius 2 is 2.07 bits per heavy atom. The molecule has 7 nitrogen and oxygen atoms in total. The predicted molar refractivity (Wildman–Crippen MR) is 55.1 cm³/mol. The lowest BCUT2D eigenvalue weighted by Crippen LogP contribution is -2.17. The molecule has 78 valence electrons. The predicted octanol–water partition coefficient (Wildman–Crippen LogP) is 0.650. The summed E-state index contributed by atoms with van der Waals surface area (Å²) < 4.78 is 0.612. The van der Waals surface area contributed by atoms with E-state index in [1.54, 1.807) is 0 Å². The maximum atomic E-state index is 11.4. The van der Waals surface area contributed by atoms with Crippen molar-refractivity contribution in [3.05, 3.63) is 22.7 Å². The molecule has 2 N–H and O–H groups in total. The lowest BCUT2D eigenvalue weighted by atomic mass is 10.5. The van der Waals surface area contributed by atoms with Gasteiger partial charge in [-0.05, 0) is 4.05 Å². The van der Waals surface area contributed by atoms with Crippen LogP contribution in [0.4, 0.5) is 5.95 Å². The first-order valence-electron chi connectivity index (χ1n) is 3.76. The fourth-order valence-electron chi connectivity index (χ4n) is 1.01. The Balaban J connectivity index is 2.57. The molecule has 2 aromatic heterocycles. The molecule has 0 aliphatic heterocycles. The number of fused-ring (bicyclic) bond motifs is 1. The van der Waals surface area contributed by atoms with E-state index in [-0.39, 0.29) is 17.1 Å². The Morgan fingerprint density at radius 1 is 1.33 bits per heavy atom. The fraction of sp³-hybridized carbons (Fsp3) is 0. The van der Waals surface area contributed by atoms with Crippen molar-refractivity contribution in [1.29, 1.82) is 0 Å². The van der Waals surface area contributed by atoms with Crippen LogP contribution in [-0.2, 0) is 0 Å². The van der Waals surface area contributed by atoms with E-state index in [0.717, 1.165) is 0 Å². The fourth-order valence-corrected chi connectivity index (χ4v) is 1.17. The molecule has 0 aliphatic rings. The highest BCUT2D eigenvalue weighted by Crippen LogP contribution is 2.05. The number of hydrogen-bond acceptors (Lipinski definition) is 6. The zero-order valence-corrected chi connectivity index (χ0v) is 8.62. The van der Waals surface area contributed by atoms with Crippen LogP contribution in [0.25, 0.3) is 11.2 Å². The van der Waals surface area contributed by atoms with E-state index in [1.807, 2.05) is 0 Å². The zero-order chi connectivity index (χ0) is 10.8. The van der Waals surface area contributed by atoms with Crippen LogP contribution < -0.4 is 11.0 Å². The summed E-state index contributed by atoms with van der Waals surface area (Å²) in [6.07, 6.45) is 2.83. The number of aromatic amines is 1. The van der Waals surface area contributed by atoms with Crippen LogP contribution in [0.5, 0.6) is 0 Å². The lowest BCUT2D eigenvalue weighted by molar-refractivity contribution is 0.834. The van der Waals surface area contributed by atoms with Crippen molar-refractivity contribution >= 4 is 40.7 Å². The average Bonchev–Trinajstić information content (AvgIpc) is 2.16. The molecule has 0 saturated heterocycles. The number of anilines is 1. The minimum Gasteiger partial charge on any atom is -0.290 e. The van der Waals surface area contributed by atoms with Crippen molar-refractivity contribution in [3.8, 4) is 0 Å². The van der Waals surface area contributed by atoms with Crippen LogP contribution in [0.2, 0.25) is 0 Å². The molecule has 2 aromatic rings. The molecule has 0 amide bonds. The maximum absolute atomic E-state index is 11.4. The van der Waals surface area contributed by atoms with E-state index in [4.69, 9.17) is 23.6 Å². The van der Waals surface area contributed by atoms with Gasteiger partial charge in [0.1, 0.15) is 0 Å². The van der Waals surface area contributed by atoms with Crippen molar-refractivity contribution in [1.82, 2.24) is 24.0 Å². The largest absolute Gasteiger partial charge is 0.290 e. The second-order valence-corrected chi connectivity index (χ2v) is 3.34. The third kappa shape index (κ3) is 2.14. The molecule has 2 rings (SSSR count). The number of rotatable bonds is 2. The number of H-pyrrole nitrogens is 1. The number of hydrogen-bond donors (Lipinski definition) is 2. The third-order valence-corrected chi connectivity index (χ3v) is 1.70. The van der Waals surface area contributed by atoms with Crippen LogP contribution in [0.15, 0.2) is 17.2 Å². The summed E-state index contributed by atoms with van der Waals surface area (Å²) in [6, 6.07) is 0. The van der Waals surface area contributed by atoms with Gasteiger partial charge in [0, 0.05) is 35.9 Å². The minimum atomic E-state index is -0.425. The second kappa shape index (κ2) is 3.97. The summed E-state index contributed by atoms with van der Waals surface area (Å²) in [4.78, 5) is 25.5. The van der Waals surface area contributed by atoms with Gasteiger partial charge >= 0.3 is 0 Å². The molecule has 0 aliphatic carbocycles. The molecule has 0 aromatic carbocycles. The second-order valence-electron chi connectivity index (χ2n) is 2.49. The van der Waals surface area contributed by atoms with Gasteiger partial charge in [-0.15, -0.1) is 0 Å². The highest BCUT2D eigenvalue weighted by atomic mass is 35.5. The number of nitrogens with zero attached hydrogens (tertiary/aromatic N) is 4. The Labute approximate surface area is 93.3 Å². The average molecular weight is 247 g/mol. The summed E-state index contributed by atoms with van der Waals surface area (Å²) in [5.74, 6) is 0.0815. The first-order chi connectivity index (χ1) is 7.16. The summed E-state index contributed by atoms with van der Waals surface area (Å²) in [6.45, 7) is 0. The van der Waals surface area contributed by atoms with Crippen molar-refractivity contribution in [3.63, 3.8) is 0 Å². The first kappa shape index (κ1) is 10.1. The number of nitrogens with one attached hydrogen (secondary N) is 2. The SMILES string of the molecule is O=c1[nH]c(NN(Cl)Cl)nc2nccnc12. The first-order valence-corrected chi connectivity index (χ1v) is 4.44. The lowest BCUT2D eigenvalue weighted by Gasteiger charge is -2.06. The van der Waals surface area contributed by atoms with Gasteiger partial charge in [-0.2, -0.15) is 4.98 Å². The smallest absolute Gasteiger partial charge is 0.280 e. The molecule has 0 saturated carbocycles. The molecule has 0 unspecified atom stereocenters. The van der Waals surface area contributed by atoms with Crippen LogP contribution in [-0.4, -0.2) is 24.0 Å². The highest BCUT2D eigenvalue weighted by Gasteiger charge is 2.06. The molecular formula is C6H4Cl2N6O. The summed E-state index contributed by atoms with van der Waals surface area (Å²) in [7, 11) is 0. The summed E-state index contributed by atoms with van der Waals surface area (Å²) >= 11 is 10.6. The monoisotopic (exact) mass is 246 g/mol. The Morgan fingerprint density at radius 3 is 2.80 bits per heavy atom. The van der Waals surface area contributed by atoms with E-state index >= 15 is 0 Å². The Bertz CT molecular complexity index is 540. The number of hydrazine groups is 1. The molecular weight excluding hydrogens is 243 g/mol.